The van der Waals surface area contributed by atoms with Crippen molar-refractivity contribution in [1.82, 2.24) is 10.2 Å². The molecule has 0 saturated carbocycles. The van der Waals surface area contributed by atoms with Gasteiger partial charge in [0.2, 0.25) is 5.91 Å². The first-order valence-corrected chi connectivity index (χ1v) is 5.87. The summed E-state index contributed by atoms with van der Waals surface area (Å²) >= 11 is 0. The number of halogens is 1. The summed E-state index contributed by atoms with van der Waals surface area (Å²) in [6.07, 6.45) is 0.875. The van der Waals surface area contributed by atoms with E-state index in [4.69, 9.17) is 0 Å². The van der Waals surface area contributed by atoms with E-state index >= 15 is 0 Å². The zero-order valence-electron chi connectivity index (χ0n) is 9.95. The molecule has 92 valence electrons. The second kappa shape index (κ2) is 5.27. The van der Waals surface area contributed by atoms with Crippen LogP contribution in [0.2, 0.25) is 0 Å². The van der Waals surface area contributed by atoms with Crippen molar-refractivity contribution >= 4 is 5.91 Å². The fourth-order valence-electron chi connectivity index (χ4n) is 2.14. The van der Waals surface area contributed by atoms with Gasteiger partial charge in [-0.05, 0) is 19.0 Å². The van der Waals surface area contributed by atoms with Gasteiger partial charge in [0.05, 0.1) is 5.92 Å². The Hall–Kier alpha value is -1.42. The first kappa shape index (κ1) is 12.0. The Bertz CT molecular complexity index is 402. The van der Waals surface area contributed by atoms with Crippen LogP contribution in [0.5, 0.6) is 0 Å². The molecule has 1 aromatic carbocycles. The lowest BCUT2D eigenvalue weighted by Crippen LogP contribution is -2.33. The average Bonchev–Trinajstić information content (AvgIpc) is 2.84. The summed E-state index contributed by atoms with van der Waals surface area (Å²) in [5.74, 6) is -0.110. The minimum atomic E-state index is -0.253. The van der Waals surface area contributed by atoms with Crippen LogP contribution in [0.1, 0.15) is 12.0 Å². The van der Waals surface area contributed by atoms with Gasteiger partial charge in [-0.1, -0.05) is 18.2 Å². The van der Waals surface area contributed by atoms with Gasteiger partial charge in [0.15, 0.2) is 0 Å². The summed E-state index contributed by atoms with van der Waals surface area (Å²) in [5, 5.41) is 3.16. The van der Waals surface area contributed by atoms with E-state index in [0.29, 0.717) is 12.1 Å². The van der Waals surface area contributed by atoms with E-state index in [2.05, 4.69) is 5.32 Å². The van der Waals surface area contributed by atoms with Crippen LogP contribution < -0.4 is 5.32 Å². The number of hydrogen-bond acceptors (Lipinski definition) is 2. The topological polar surface area (TPSA) is 32.3 Å². The van der Waals surface area contributed by atoms with Gasteiger partial charge in [-0.15, -0.1) is 0 Å². The maximum Gasteiger partial charge on any atom is 0.227 e. The second-order valence-corrected chi connectivity index (χ2v) is 4.48. The molecular formula is C13H17FN2O. The van der Waals surface area contributed by atoms with E-state index in [1.54, 1.807) is 30.1 Å². The number of hydrogen-bond donors (Lipinski definition) is 1. The van der Waals surface area contributed by atoms with Gasteiger partial charge in [-0.2, -0.15) is 0 Å². The molecule has 1 atom stereocenters. The van der Waals surface area contributed by atoms with Crippen molar-refractivity contribution in [3.05, 3.63) is 35.6 Å². The first-order valence-electron chi connectivity index (χ1n) is 5.87. The van der Waals surface area contributed by atoms with Gasteiger partial charge in [0.25, 0.3) is 0 Å². The third kappa shape index (κ3) is 2.82. The molecule has 1 aliphatic heterocycles. The highest BCUT2D eigenvalue weighted by atomic mass is 19.1. The predicted molar refractivity (Wildman–Crippen MR) is 63.9 cm³/mol. The van der Waals surface area contributed by atoms with Crippen molar-refractivity contribution in [3.63, 3.8) is 0 Å². The number of carbonyl (C=O) groups is 1. The third-order valence-corrected chi connectivity index (χ3v) is 3.15. The smallest absolute Gasteiger partial charge is 0.227 e. The Labute approximate surface area is 101 Å². The molecule has 1 heterocycles. The fourth-order valence-corrected chi connectivity index (χ4v) is 2.14. The van der Waals surface area contributed by atoms with Gasteiger partial charge in [-0.25, -0.2) is 4.39 Å². The third-order valence-electron chi connectivity index (χ3n) is 3.15. The van der Waals surface area contributed by atoms with Crippen molar-refractivity contribution < 1.29 is 9.18 Å². The van der Waals surface area contributed by atoms with E-state index in [0.717, 1.165) is 19.5 Å². The van der Waals surface area contributed by atoms with Crippen LogP contribution in [0, 0.1) is 11.7 Å². The number of carbonyl (C=O) groups excluding carboxylic acids is 1. The lowest BCUT2D eigenvalue weighted by atomic mass is 10.1. The quantitative estimate of drug-likeness (QED) is 0.860. The van der Waals surface area contributed by atoms with Gasteiger partial charge < -0.3 is 10.2 Å². The summed E-state index contributed by atoms with van der Waals surface area (Å²) < 4.78 is 13.4. The van der Waals surface area contributed by atoms with E-state index in [-0.39, 0.29) is 17.6 Å². The molecule has 0 spiro atoms. The van der Waals surface area contributed by atoms with Crippen LogP contribution in [0.15, 0.2) is 24.3 Å². The van der Waals surface area contributed by atoms with Gasteiger partial charge in [0, 0.05) is 25.7 Å². The molecule has 0 bridgehead atoms. The molecular weight excluding hydrogens is 219 g/mol. The second-order valence-electron chi connectivity index (χ2n) is 4.48. The molecule has 2 rings (SSSR count). The van der Waals surface area contributed by atoms with Crippen molar-refractivity contribution in [2.75, 3.05) is 20.1 Å². The molecule has 1 aliphatic rings. The van der Waals surface area contributed by atoms with E-state index in [9.17, 15) is 9.18 Å². The van der Waals surface area contributed by atoms with Crippen LogP contribution in [0.3, 0.4) is 0 Å². The molecule has 1 amide bonds. The number of nitrogens with one attached hydrogen (secondary N) is 1. The van der Waals surface area contributed by atoms with Crippen LogP contribution >= 0.6 is 0 Å². The van der Waals surface area contributed by atoms with Crippen LogP contribution in [0.25, 0.3) is 0 Å². The molecule has 4 heteroatoms. The number of amides is 1. The summed E-state index contributed by atoms with van der Waals surface area (Å²) in [7, 11) is 1.73. The minimum absolute atomic E-state index is 0.0479. The van der Waals surface area contributed by atoms with Gasteiger partial charge >= 0.3 is 0 Å². The molecule has 1 N–H and O–H groups in total. The molecule has 0 aromatic heterocycles. The Kier molecular flexibility index (Phi) is 3.74. The summed E-state index contributed by atoms with van der Waals surface area (Å²) in [4.78, 5) is 13.6. The first-order chi connectivity index (χ1) is 8.18. The van der Waals surface area contributed by atoms with E-state index in [1.165, 1.54) is 6.07 Å². The number of benzene rings is 1. The molecule has 17 heavy (non-hydrogen) atoms. The highest BCUT2D eigenvalue weighted by molar-refractivity contribution is 5.79. The lowest BCUT2D eigenvalue weighted by Gasteiger charge is -2.20. The lowest BCUT2D eigenvalue weighted by molar-refractivity contribution is -0.134. The molecule has 0 unspecified atom stereocenters. The molecule has 0 radical (unpaired) electrons. The van der Waals surface area contributed by atoms with Crippen LogP contribution in [-0.2, 0) is 11.3 Å². The molecule has 1 saturated heterocycles. The molecule has 0 aliphatic carbocycles. The predicted octanol–water partition coefficient (Wildman–Crippen LogP) is 1.39. The number of rotatable bonds is 3. The highest BCUT2D eigenvalue weighted by Gasteiger charge is 2.25. The zero-order chi connectivity index (χ0) is 12.3. The summed E-state index contributed by atoms with van der Waals surface area (Å²) in [6.45, 7) is 1.96. The van der Waals surface area contributed by atoms with E-state index < -0.39 is 0 Å². The van der Waals surface area contributed by atoms with Crippen molar-refractivity contribution in [2.24, 2.45) is 5.92 Å². The van der Waals surface area contributed by atoms with Crippen LogP contribution in [-0.4, -0.2) is 30.9 Å². The minimum Gasteiger partial charge on any atom is -0.341 e. The Balaban J connectivity index is 1.99. The monoisotopic (exact) mass is 236 g/mol. The maximum absolute atomic E-state index is 13.4. The van der Waals surface area contributed by atoms with Gasteiger partial charge in [-0.3, -0.25) is 4.79 Å². The summed E-state index contributed by atoms with van der Waals surface area (Å²) in [5.41, 5.74) is 0.564. The Morgan fingerprint density at radius 1 is 1.53 bits per heavy atom. The van der Waals surface area contributed by atoms with Gasteiger partial charge in [0.1, 0.15) is 5.82 Å². The van der Waals surface area contributed by atoms with Crippen molar-refractivity contribution in [3.8, 4) is 0 Å². The maximum atomic E-state index is 13.4. The highest BCUT2D eigenvalue weighted by Crippen LogP contribution is 2.14. The van der Waals surface area contributed by atoms with E-state index in [1.807, 2.05) is 0 Å². The fraction of sp³-hybridized carbons (Fsp3) is 0.462. The summed E-state index contributed by atoms with van der Waals surface area (Å²) in [6, 6.07) is 6.58. The Morgan fingerprint density at radius 2 is 2.29 bits per heavy atom. The zero-order valence-corrected chi connectivity index (χ0v) is 9.95. The number of nitrogens with zero attached hydrogens (tertiary/aromatic N) is 1. The molecule has 1 aromatic rings. The SMILES string of the molecule is CN(Cc1ccccc1F)C(=O)[C@@H]1CCNC1. The normalized spacial score (nSPS) is 19.3. The largest absolute Gasteiger partial charge is 0.341 e. The average molecular weight is 236 g/mol. The van der Waals surface area contributed by atoms with Crippen molar-refractivity contribution in [1.29, 1.82) is 0 Å². The Morgan fingerprint density at radius 3 is 2.94 bits per heavy atom. The molecule has 1 fully saturated rings. The van der Waals surface area contributed by atoms with Crippen molar-refractivity contribution in [2.45, 2.75) is 13.0 Å². The van der Waals surface area contributed by atoms with Crippen LogP contribution in [0.4, 0.5) is 4.39 Å². The standard InChI is InChI=1S/C13H17FN2O/c1-16(13(17)10-6-7-15-8-10)9-11-4-2-3-5-12(11)14/h2-5,10,15H,6-9H2,1H3/t10-/m1/s1. The molecule has 3 nitrogen and oxygen atoms in total.